The number of aliphatic carboxylic acids is 2. The topological polar surface area (TPSA) is 138 Å². The van der Waals surface area contributed by atoms with Gasteiger partial charge in [-0.1, -0.05) is 39.9 Å². The molecule has 12 heteroatoms. The first-order valence-corrected chi connectivity index (χ1v) is 9.91. The number of thiocarbonyl (C=S) groups is 1. The average Bonchev–Trinajstić information content (AvgIpc) is 3.04. The molecule has 0 saturated carbocycles. The SMILES string of the molecule is CC(=O)N1C(=O)/C(=C2\SC(=S)N([C@H](CC(=O)[O-])C(=O)[O-])C2=O)c2cc(Br)ccc21. The Bertz CT molecular complexity index is 1050. The Balaban J connectivity index is 2.16. The summed E-state index contributed by atoms with van der Waals surface area (Å²) < 4.78 is 0.325. The molecule has 0 unspecified atom stereocenters. The van der Waals surface area contributed by atoms with Crippen molar-refractivity contribution in [1.29, 1.82) is 0 Å². The highest BCUT2D eigenvalue weighted by atomic mass is 79.9. The van der Waals surface area contributed by atoms with Crippen molar-refractivity contribution in [3.8, 4) is 0 Å². The molecule has 0 radical (unpaired) electrons. The molecule has 2 heterocycles. The third kappa shape index (κ3) is 3.58. The molecule has 29 heavy (non-hydrogen) atoms. The highest BCUT2D eigenvalue weighted by Gasteiger charge is 2.45. The van der Waals surface area contributed by atoms with Crippen molar-refractivity contribution in [3.05, 3.63) is 33.1 Å². The lowest BCUT2D eigenvalue weighted by Crippen LogP contribution is -2.52. The minimum absolute atomic E-state index is 0.123. The van der Waals surface area contributed by atoms with E-state index in [1.54, 1.807) is 6.07 Å². The summed E-state index contributed by atoms with van der Waals surface area (Å²) in [4.78, 5) is 61.4. The molecule has 0 bridgehead atoms. The van der Waals surface area contributed by atoms with Crippen LogP contribution in [0, 0.1) is 0 Å². The van der Waals surface area contributed by atoms with Crippen molar-refractivity contribution < 1.29 is 34.2 Å². The number of carbonyl (C=O) groups excluding carboxylic acids is 5. The monoisotopic (exact) mass is 496 g/mol. The zero-order valence-electron chi connectivity index (χ0n) is 14.5. The van der Waals surface area contributed by atoms with Crippen molar-refractivity contribution in [3.63, 3.8) is 0 Å². The Kier molecular flexibility index (Phi) is 5.61. The number of thioether (sulfide) groups is 1. The summed E-state index contributed by atoms with van der Waals surface area (Å²) in [5.74, 6) is -5.85. The van der Waals surface area contributed by atoms with E-state index in [0.717, 1.165) is 4.90 Å². The van der Waals surface area contributed by atoms with E-state index in [0.29, 0.717) is 21.1 Å². The van der Waals surface area contributed by atoms with Crippen LogP contribution in [0.3, 0.4) is 0 Å². The summed E-state index contributed by atoms with van der Waals surface area (Å²) >= 11 is 8.96. The van der Waals surface area contributed by atoms with Gasteiger partial charge in [-0.25, -0.2) is 4.90 Å². The molecule has 1 aromatic rings. The van der Waals surface area contributed by atoms with Gasteiger partial charge in [0.2, 0.25) is 5.91 Å². The summed E-state index contributed by atoms with van der Waals surface area (Å²) in [6, 6.07) is 2.78. The van der Waals surface area contributed by atoms with Gasteiger partial charge < -0.3 is 19.8 Å². The van der Waals surface area contributed by atoms with Crippen molar-refractivity contribution in [2.45, 2.75) is 19.4 Å². The lowest BCUT2D eigenvalue weighted by Gasteiger charge is -2.27. The van der Waals surface area contributed by atoms with Crippen molar-refractivity contribution in [2.24, 2.45) is 0 Å². The number of hydrogen-bond acceptors (Lipinski definition) is 9. The van der Waals surface area contributed by atoms with Crippen LogP contribution in [-0.4, -0.2) is 44.9 Å². The van der Waals surface area contributed by atoms with Gasteiger partial charge in [0.1, 0.15) is 4.32 Å². The Morgan fingerprint density at radius 1 is 1.21 bits per heavy atom. The van der Waals surface area contributed by atoms with E-state index in [9.17, 15) is 34.2 Å². The Hall–Kier alpha value is -2.57. The number of carboxylic acid groups (broad SMARTS) is 2. The van der Waals surface area contributed by atoms with Crippen LogP contribution in [-0.2, 0) is 24.0 Å². The van der Waals surface area contributed by atoms with Crippen molar-refractivity contribution in [1.82, 2.24) is 4.90 Å². The first-order chi connectivity index (χ1) is 13.5. The van der Waals surface area contributed by atoms with E-state index in [1.807, 2.05) is 0 Å². The van der Waals surface area contributed by atoms with Gasteiger partial charge in [0.25, 0.3) is 11.8 Å². The molecule has 1 fully saturated rings. The number of carboxylic acids is 2. The molecular formula is C17H9BrN2O7S2-2. The second-order valence-corrected chi connectivity index (χ2v) is 8.54. The maximum absolute atomic E-state index is 12.9. The molecule has 150 valence electrons. The molecule has 0 spiro atoms. The Labute approximate surface area is 181 Å². The molecule has 3 rings (SSSR count). The quantitative estimate of drug-likeness (QED) is 0.386. The predicted molar refractivity (Wildman–Crippen MR) is 105 cm³/mol. The van der Waals surface area contributed by atoms with Crippen molar-refractivity contribution >= 4 is 85.2 Å². The number of anilines is 1. The van der Waals surface area contributed by atoms with Crippen LogP contribution in [0.25, 0.3) is 5.57 Å². The summed E-state index contributed by atoms with van der Waals surface area (Å²) in [5.41, 5.74) is 0.420. The fraction of sp³-hybridized carbons (Fsp3) is 0.176. The number of rotatable bonds is 4. The van der Waals surface area contributed by atoms with Crippen LogP contribution in [0.2, 0.25) is 0 Å². The zero-order chi connectivity index (χ0) is 21.6. The van der Waals surface area contributed by atoms with E-state index in [1.165, 1.54) is 19.1 Å². The van der Waals surface area contributed by atoms with Gasteiger partial charge in [-0.3, -0.25) is 19.3 Å². The van der Waals surface area contributed by atoms with E-state index >= 15 is 0 Å². The molecule has 1 saturated heterocycles. The minimum Gasteiger partial charge on any atom is -0.550 e. The lowest BCUT2D eigenvalue weighted by molar-refractivity contribution is -0.319. The molecular weight excluding hydrogens is 488 g/mol. The van der Waals surface area contributed by atoms with Gasteiger partial charge in [0, 0.05) is 29.4 Å². The zero-order valence-corrected chi connectivity index (χ0v) is 17.7. The molecule has 0 N–H and O–H groups in total. The fourth-order valence-corrected chi connectivity index (χ4v) is 4.80. The van der Waals surface area contributed by atoms with Crippen LogP contribution in [0.15, 0.2) is 27.6 Å². The van der Waals surface area contributed by atoms with E-state index in [2.05, 4.69) is 15.9 Å². The summed E-state index contributed by atoms with van der Waals surface area (Å²) in [6.45, 7) is 1.18. The maximum Gasteiger partial charge on any atom is 0.267 e. The maximum atomic E-state index is 12.9. The van der Waals surface area contributed by atoms with Gasteiger partial charge in [0.15, 0.2) is 0 Å². The number of carbonyl (C=O) groups is 5. The van der Waals surface area contributed by atoms with Gasteiger partial charge in [-0.05, 0) is 18.2 Å². The molecule has 0 aromatic heterocycles. The fourth-order valence-electron chi connectivity index (χ4n) is 3.01. The van der Waals surface area contributed by atoms with Crippen LogP contribution in [0.1, 0.15) is 18.9 Å². The largest absolute Gasteiger partial charge is 0.550 e. The van der Waals surface area contributed by atoms with E-state index < -0.39 is 42.1 Å². The first-order valence-electron chi connectivity index (χ1n) is 7.89. The molecule has 9 nitrogen and oxygen atoms in total. The molecule has 2 aliphatic heterocycles. The minimum atomic E-state index is -1.90. The number of fused-ring (bicyclic) bond motifs is 1. The third-order valence-electron chi connectivity index (χ3n) is 4.17. The second-order valence-electron chi connectivity index (χ2n) is 5.98. The molecule has 1 aromatic carbocycles. The number of benzene rings is 1. The number of nitrogens with zero attached hydrogens (tertiary/aromatic N) is 2. The molecule has 1 atom stereocenters. The molecule has 3 amide bonds. The number of imide groups is 1. The Morgan fingerprint density at radius 2 is 1.86 bits per heavy atom. The van der Waals surface area contributed by atoms with Gasteiger partial charge >= 0.3 is 0 Å². The van der Waals surface area contributed by atoms with Crippen molar-refractivity contribution in [2.75, 3.05) is 4.90 Å². The lowest BCUT2D eigenvalue weighted by atomic mass is 10.1. The summed E-state index contributed by atoms with van der Waals surface area (Å²) in [7, 11) is 0. The standard InChI is InChI=1S/C17H11BrN2O7S2/c1-6(21)19-9-3-2-7(18)4-8(9)12(14(19)24)13-15(25)20(17(28)29-13)10(16(26)27)5-11(22)23/h2-4,10H,5H2,1H3,(H,22,23)(H,26,27)/p-2/b13-12-/t10-/m1/s1. The smallest absolute Gasteiger partial charge is 0.267 e. The first kappa shape index (κ1) is 21.1. The van der Waals surface area contributed by atoms with Crippen LogP contribution in [0.4, 0.5) is 5.69 Å². The van der Waals surface area contributed by atoms with E-state index in [-0.39, 0.29) is 26.0 Å². The molecule has 2 aliphatic rings. The summed E-state index contributed by atoms with van der Waals surface area (Å²) in [5, 5.41) is 22.3. The van der Waals surface area contributed by atoms with Crippen LogP contribution in [0.5, 0.6) is 0 Å². The predicted octanol–water partition coefficient (Wildman–Crippen LogP) is -0.828. The number of halogens is 1. The third-order valence-corrected chi connectivity index (χ3v) is 6.06. The van der Waals surface area contributed by atoms with E-state index in [4.69, 9.17) is 12.2 Å². The molecule has 0 aliphatic carbocycles. The highest BCUT2D eigenvalue weighted by Crippen LogP contribution is 2.46. The Morgan fingerprint density at radius 3 is 2.41 bits per heavy atom. The average molecular weight is 497 g/mol. The van der Waals surface area contributed by atoms with Gasteiger partial charge in [0.05, 0.1) is 28.2 Å². The second kappa shape index (κ2) is 7.69. The van der Waals surface area contributed by atoms with Crippen LogP contribution < -0.4 is 15.1 Å². The number of hydrogen-bond donors (Lipinski definition) is 0. The van der Waals surface area contributed by atoms with Crippen LogP contribution >= 0.6 is 39.9 Å². The number of amides is 3. The van der Waals surface area contributed by atoms with Gasteiger partial charge in [-0.2, -0.15) is 0 Å². The normalized spacial score (nSPS) is 19.6. The highest BCUT2D eigenvalue weighted by molar-refractivity contribution is 9.10. The summed E-state index contributed by atoms with van der Waals surface area (Å²) in [6.07, 6.45) is -1.03. The van der Waals surface area contributed by atoms with Gasteiger partial charge in [-0.15, -0.1) is 0 Å².